The van der Waals surface area contributed by atoms with Crippen molar-refractivity contribution in [1.29, 1.82) is 0 Å². The molecule has 1 aromatic carbocycles. The number of halogens is 4. The van der Waals surface area contributed by atoms with E-state index in [9.17, 15) is 13.6 Å². The summed E-state index contributed by atoms with van der Waals surface area (Å²) in [5.74, 6) is -3.02. The zero-order valence-electron chi connectivity index (χ0n) is 9.83. The minimum Gasteiger partial charge on any atom is -0.481 e. The monoisotopic (exact) mass is 311 g/mol. The normalized spacial score (nSPS) is 22.7. The van der Waals surface area contributed by atoms with Crippen molar-refractivity contribution in [3.63, 3.8) is 0 Å². The van der Waals surface area contributed by atoms with Gasteiger partial charge >= 0.3 is 5.97 Å². The molecule has 0 radical (unpaired) electrons. The fourth-order valence-electron chi connectivity index (χ4n) is 2.17. The second-order valence-electron chi connectivity index (χ2n) is 4.36. The van der Waals surface area contributed by atoms with Crippen LogP contribution in [-0.2, 0) is 4.79 Å². The third-order valence-corrected chi connectivity index (χ3v) is 3.52. The predicted octanol–water partition coefficient (Wildman–Crippen LogP) is 3.17. The molecule has 1 aliphatic rings. The second kappa shape index (κ2) is 6.50. The summed E-state index contributed by atoms with van der Waals surface area (Å²) in [7, 11) is 0. The third kappa shape index (κ3) is 3.55. The summed E-state index contributed by atoms with van der Waals surface area (Å²) in [6, 6.07) is 1.93. The number of hydrogen-bond donors (Lipinski definition) is 2. The molecule has 0 bridgehead atoms. The van der Waals surface area contributed by atoms with Crippen LogP contribution >= 0.6 is 24.0 Å². The Morgan fingerprint density at radius 2 is 1.95 bits per heavy atom. The Morgan fingerprint density at radius 3 is 2.47 bits per heavy atom. The smallest absolute Gasteiger partial charge is 0.306 e. The number of carboxylic acid groups (broad SMARTS) is 1. The van der Waals surface area contributed by atoms with Crippen LogP contribution < -0.4 is 5.32 Å². The van der Waals surface area contributed by atoms with Crippen LogP contribution in [0.2, 0.25) is 5.02 Å². The summed E-state index contributed by atoms with van der Waals surface area (Å²) < 4.78 is 26.7. The number of nitrogens with one attached hydrogen (secondary N) is 1. The minimum atomic E-state index is -0.878. The van der Waals surface area contributed by atoms with Crippen molar-refractivity contribution in [2.75, 3.05) is 6.54 Å². The fraction of sp³-hybridized carbons (Fsp3) is 0.417. The highest BCUT2D eigenvalue weighted by Crippen LogP contribution is 2.30. The standard InChI is InChI=1S/C12H12ClF2NO2.ClH/c13-11-8(14)3-7(4-9(11)15)10-5-6(12(17)18)1-2-16-10;/h3-4,6,10,16H,1-2,5H2,(H,17,18);1H. The lowest BCUT2D eigenvalue weighted by Crippen LogP contribution is -2.35. The summed E-state index contributed by atoms with van der Waals surface area (Å²) in [6.07, 6.45) is 0.834. The van der Waals surface area contributed by atoms with Gasteiger partial charge in [0.25, 0.3) is 0 Å². The maximum absolute atomic E-state index is 13.3. The van der Waals surface area contributed by atoms with Crippen molar-refractivity contribution < 1.29 is 18.7 Å². The highest BCUT2D eigenvalue weighted by Gasteiger charge is 2.28. The molecule has 2 rings (SSSR count). The van der Waals surface area contributed by atoms with E-state index in [2.05, 4.69) is 5.32 Å². The average Bonchev–Trinajstić information content (AvgIpc) is 2.35. The average molecular weight is 312 g/mol. The van der Waals surface area contributed by atoms with Gasteiger partial charge in [0.2, 0.25) is 0 Å². The second-order valence-corrected chi connectivity index (χ2v) is 4.74. The molecule has 106 valence electrons. The lowest BCUT2D eigenvalue weighted by atomic mass is 9.89. The maximum atomic E-state index is 13.3. The molecular formula is C12H13Cl2F2NO2. The number of carbonyl (C=O) groups is 1. The first kappa shape index (κ1) is 16.1. The van der Waals surface area contributed by atoms with Gasteiger partial charge in [0, 0.05) is 6.04 Å². The van der Waals surface area contributed by atoms with Crippen molar-refractivity contribution in [3.05, 3.63) is 34.4 Å². The first-order valence-electron chi connectivity index (χ1n) is 5.59. The van der Waals surface area contributed by atoms with Crippen LogP contribution in [0.4, 0.5) is 8.78 Å². The van der Waals surface area contributed by atoms with Crippen molar-refractivity contribution >= 4 is 30.0 Å². The highest BCUT2D eigenvalue weighted by atomic mass is 35.5. The molecule has 1 aromatic rings. The van der Waals surface area contributed by atoms with Crippen molar-refractivity contribution in [1.82, 2.24) is 5.32 Å². The molecule has 7 heteroatoms. The summed E-state index contributed by atoms with van der Waals surface area (Å²) in [5.41, 5.74) is 0.389. The fourth-order valence-corrected chi connectivity index (χ4v) is 2.28. The van der Waals surface area contributed by atoms with Gasteiger partial charge in [0.1, 0.15) is 16.7 Å². The zero-order chi connectivity index (χ0) is 13.3. The van der Waals surface area contributed by atoms with Crippen LogP contribution in [0.15, 0.2) is 12.1 Å². The van der Waals surface area contributed by atoms with E-state index in [0.717, 1.165) is 12.1 Å². The van der Waals surface area contributed by atoms with Crippen LogP contribution in [0.1, 0.15) is 24.4 Å². The largest absolute Gasteiger partial charge is 0.481 e. The molecule has 2 unspecified atom stereocenters. The van der Waals surface area contributed by atoms with Crippen molar-refractivity contribution in [3.8, 4) is 0 Å². The van der Waals surface area contributed by atoms with Crippen molar-refractivity contribution in [2.45, 2.75) is 18.9 Å². The minimum absolute atomic E-state index is 0. The van der Waals surface area contributed by atoms with Crippen LogP contribution in [0.3, 0.4) is 0 Å². The third-order valence-electron chi connectivity index (χ3n) is 3.16. The molecule has 19 heavy (non-hydrogen) atoms. The summed E-state index contributed by atoms with van der Waals surface area (Å²) in [5, 5.41) is 11.5. The molecule has 1 saturated heterocycles. The summed E-state index contributed by atoms with van der Waals surface area (Å²) >= 11 is 5.40. The van der Waals surface area contributed by atoms with Gasteiger partial charge in [-0.15, -0.1) is 12.4 Å². The van der Waals surface area contributed by atoms with E-state index in [1.165, 1.54) is 0 Å². The molecule has 1 fully saturated rings. The maximum Gasteiger partial charge on any atom is 0.306 e. The van der Waals surface area contributed by atoms with Gasteiger partial charge in [-0.2, -0.15) is 0 Å². The molecular weight excluding hydrogens is 299 g/mol. The van der Waals surface area contributed by atoms with Gasteiger partial charge in [-0.3, -0.25) is 4.79 Å². The quantitative estimate of drug-likeness (QED) is 0.825. The predicted molar refractivity (Wildman–Crippen MR) is 69.7 cm³/mol. The Kier molecular flexibility index (Phi) is 5.52. The van der Waals surface area contributed by atoms with Gasteiger partial charge < -0.3 is 10.4 Å². The Balaban J connectivity index is 0.00000180. The van der Waals surface area contributed by atoms with Gasteiger partial charge in [-0.1, -0.05) is 11.6 Å². The number of benzene rings is 1. The Hall–Kier alpha value is -0.910. The van der Waals surface area contributed by atoms with E-state index in [1.807, 2.05) is 0 Å². The zero-order valence-corrected chi connectivity index (χ0v) is 11.4. The lowest BCUT2D eigenvalue weighted by molar-refractivity contribution is -0.143. The molecule has 0 aromatic heterocycles. The van der Waals surface area contributed by atoms with Crippen LogP contribution in [0, 0.1) is 17.6 Å². The molecule has 0 spiro atoms. The highest BCUT2D eigenvalue weighted by molar-refractivity contribution is 6.30. The van der Waals surface area contributed by atoms with Gasteiger partial charge in [0.15, 0.2) is 0 Å². The van der Waals surface area contributed by atoms with E-state index in [0.29, 0.717) is 24.9 Å². The van der Waals surface area contributed by atoms with Gasteiger partial charge in [0.05, 0.1) is 5.92 Å². The number of aliphatic carboxylic acids is 1. The first-order chi connectivity index (χ1) is 8.49. The molecule has 3 nitrogen and oxygen atoms in total. The Bertz CT molecular complexity index is 462. The topological polar surface area (TPSA) is 49.3 Å². The number of rotatable bonds is 2. The molecule has 2 atom stereocenters. The van der Waals surface area contributed by atoms with Crippen LogP contribution in [0.5, 0.6) is 0 Å². The van der Waals surface area contributed by atoms with Crippen molar-refractivity contribution in [2.24, 2.45) is 5.92 Å². The SMILES string of the molecule is Cl.O=C(O)C1CCNC(c2cc(F)c(Cl)c(F)c2)C1. The molecule has 2 N–H and O–H groups in total. The summed E-state index contributed by atoms with van der Waals surface area (Å²) in [6.45, 7) is 0.507. The first-order valence-corrected chi connectivity index (χ1v) is 5.97. The van der Waals surface area contributed by atoms with Gasteiger partial charge in [-0.05, 0) is 37.1 Å². The number of piperidine rings is 1. The van der Waals surface area contributed by atoms with Crippen LogP contribution in [-0.4, -0.2) is 17.6 Å². The molecule has 1 aliphatic heterocycles. The molecule has 0 amide bonds. The number of hydrogen-bond acceptors (Lipinski definition) is 2. The summed E-state index contributed by atoms with van der Waals surface area (Å²) in [4.78, 5) is 10.9. The van der Waals surface area contributed by atoms with Gasteiger partial charge in [-0.25, -0.2) is 8.78 Å². The van der Waals surface area contributed by atoms with E-state index in [-0.39, 0.29) is 18.4 Å². The molecule has 0 saturated carbocycles. The van der Waals surface area contributed by atoms with E-state index >= 15 is 0 Å². The van der Waals surface area contributed by atoms with Crippen LogP contribution in [0.25, 0.3) is 0 Å². The van der Waals surface area contributed by atoms with E-state index in [4.69, 9.17) is 16.7 Å². The van der Waals surface area contributed by atoms with E-state index in [1.54, 1.807) is 0 Å². The molecule has 0 aliphatic carbocycles. The Morgan fingerprint density at radius 1 is 1.37 bits per heavy atom. The number of carboxylic acids is 1. The Labute approximate surface area is 120 Å². The molecule has 1 heterocycles. The lowest BCUT2D eigenvalue weighted by Gasteiger charge is -2.28. The van der Waals surface area contributed by atoms with E-state index < -0.39 is 28.5 Å².